The Hall–Kier alpha value is -2.98. The van der Waals surface area contributed by atoms with Crippen LogP contribution < -0.4 is 9.21 Å². The minimum absolute atomic E-state index is 0. The van der Waals surface area contributed by atoms with Gasteiger partial charge in [0, 0.05) is 25.2 Å². The normalized spacial score (nSPS) is 13.3. The number of thiazole rings is 1. The first kappa shape index (κ1) is 29.0. The zero-order valence-electron chi connectivity index (χ0n) is 22.5. The highest BCUT2D eigenvalue weighted by Gasteiger charge is 2.29. The molecule has 3 aromatic carbocycles. The van der Waals surface area contributed by atoms with Crippen LogP contribution in [-0.2, 0) is 16.4 Å². The number of likely N-dealkylation sites (N-methyl/N-ethyl adjacent to an activating group) is 1. The van der Waals surface area contributed by atoms with Gasteiger partial charge in [0.1, 0.15) is 0 Å². The third kappa shape index (κ3) is 5.68. The first-order valence-corrected chi connectivity index (χ1v) is 15.0. The Morgan fingerprint density at radius 2 is 1.72 bits per heavy atom. The van der Waals surface area contributed by atoms with Crippen LogP contribution in [0.2, 0.25) is 0 Å². The van der Waals surface area contributed by atoms with E-state index in [9.17, 15) is 13.2 Å². The molecule has 0 N–H and O–H groups in total. The smallest absolute Gasteiger partial charge is 0.264 e. The van der Waals surface area contributed by atoms with Crippen molar-refractivity contribution >= 4 is 60.7 Å². The second kappa shape index (κ2) is 11.6. The Morgan fingerprint density at radius 1 is 1.00 bits per heavy atom. The summed E-state index contributed by atoms with van der Waals surface area (Å²) >= 11 is 1.50. The molecule has 5 rings (SSSR count). The molecular formula is C29H33ClN4O3S2. The van der Waals surface area contributed by atoms with Crippen molar-refractivity contribution in [3.63, 3.8) is 0 Å². The number of rotatable bonds is 7. The fourth-order valence-corrected chi connectivity index (χ4v) is 7.31. The van der Waals surface area contributed by atoms with Crippen LogP contribution >= 0.6 is 23.7 Å². The number of anilines is 2. The molecule has 0 atom stereocenters. The lowest BCUT2D eigenvalue weighted by Gasteiger charge is -2.30. The van der Waals surface area contributed by atoms with Crippen molar-refractivity contribution in [2.45, 2.75) is 31.6 Å². The average molecular weight is 585 g/mol. The molecule has 0 radical (unpaired) electrons. The van der Waals surface area contributed by atoms with Crippen molar-refractivity contribution in [2.24, 2.45) is 0 Å². The van der Waals surface area contributed by atoms with E-state index in [-0.39, 0.29) is 23.2 Å². The minimum Gasteiger partial charge on any atom is -0.308 e. The van der Waals surface area contributed by atoms with Gasteiger partial charge in [0.05, 0.1) is 20.8 Å². The summed E-state index contributed by atoms with van der Waals surface area (Å²) in [6.45, 7) is 5.68. The minimum atomic E-state index is -3.75. The zero-order valence-corrected chi connectivity index (χ0v) is 25.0. The molecule has 7 nitrogen and oxygen atoms in total. The average Bonchev–Trinajstić information content (AvgIpc) is 3.35. The number of fused-ring (bicyclic) bond motifs is 2. The number of benzene rings is 3. The Labute approximate surface area is 240 Å². The summed E-state index contributed by atoms with van der Waals surface area (Å²) in [5.74, 6) is -0.201. The van der Waals surface area contributed by atoms with E-state index in [1.165, 1.54) is 27.8 Å². The van der Waals surface area contributed by atoms with Crippen LogP contribution in [0.3, 0.4) is 0 Å². The molecule has 2 heterocycles. The lowest BCUT2D eigenvalue weighted by Crippen LogP contribution is -2.37. The lowest BCUT2D eigenvalue weighted by atomic mass is 10.0. The summed E-state index contributed by atoms with van der Waals surface area (Å²) in [7, 11) is 0.184. The van der Waals surface area contributed by atoms with Gasteiger partial charge in [-0.05, 0) is 93.9 Å². The van der Waals surface area contributed by atoms with E-state index in [0.717, 1.165) is 45.4 Å². The standard InChI is InChI=1S/C29H32N4O3S2.ClH/c1-20-11-16-26-27(21(20)2)30-29(37-26)32(19-18-31(3)4)28(34)23-12-14-24(15-13-23)38(35,36)33-17-7-9-22-8-5-6-10-25(22)33;/h5-6,8,10-16H,7,9,17-19H2,1-4H3;1H. The second-order valence-corrected chi connectivity index (χ2v) is 12.8. The van der Waals surface area contributed by atoms with E-state index in [2.05, 4.69) is 13.0 Å². The predicted molar refractivity (Wildman–Crippen MR) is 162 cm³/mol. The van der Waals surface area contributed by atoms with E-state index in [1.54, 1.807) is 17.0 Å². The van der Waals surface area contributed by atoms with Crippen molar-refractivity contribution in [3.8, 4) is 0 Å². The SMILES string of the molecule is Cc1ccc2sc(N(CCN(C)C)C(=O)c3ccc(S(=O)(=O)N4CCCc5ccccc54)cc3)nc2c1C.Cl. The molecule has 1 aromatic heterocycles. The summed E-state index contributed by atoms with van der Waals surface area (Å²) < 4.78 is 29.6. The molecule has 0 unspecified atom stereocenters. The molecule has 4 aromatic rings. The third-order valence-corrected chi connectivity index (χ3v) is 9.95. The monoisotopic (exact) mass is 584 g/mol. The maximum absolute atomic E-state index is 13.7. The Kier molecular flexibility index (Phi) is 8.66. The van der Waals surface area contributed by atoms with Crippen LogP contribution in [0.4, 0.5) is 10.8 Å². The zero-order chi connectivity index (χ0) is 27.0. The van der Waals surface area contributed by atoms with Gasteiger partial charge in [-0.25, -0.2) is 13.4 Å². The molecular weight excluding hydrogens is 552 g/mol. The second-order valence-electron chi connectivity index (χ2n) is 9.94. The van der Waals surface area contributed by atoms with Crippen molar-refractivity contribution in [1.82, 2.24) is 9.88 Å². The topological polar surface area (TPSA) is 73.8 Å². The number of carbonyl (C=O) groups is 1. The molecule has 1 aliphatic heterocycles. The van der Waals surface area contributed by atoms with Crippen molar-refractivity contribution in [3.05, 3.63) is 82.9 Å². The van der Waals surface area contributed by atoms with Crippen LogP contribution in [0.1, 0.15) is 33.5 Å². The Morgan fingerprint density at radius 3 is 2.44 bits per heavy atom. The molecule has 0 spiro atoms. The number of aryl methyl sites for hydroxylation is 3. The molecule has 1 amide bonds. The maximum atomic E-state index is 13.7. The summed E-state index contributed by atoms with van der Waals surface area (Å²) in [6.07, 6.45) is 1.64. The number of aromatic nitrogens is 1. The molecule has 0 aliphatic carbocycles. The van der Waals surface area contributed by atoms with Gasteiger partial charge in [-0.15, -0.1) is 12.4 Å². The number of nitrogens with zero attached hydrogens (tertiary/aromatic N) is 4. The molecule has 0 fully saturated rings. The van der Waals surface area contributed by atoms with Crippen LogP contribution in [0.5, 0.6) is 0 Å². The van der Waals surface area contributed by atoms with E-state index in [1.807, 2.05) is 56.3 Å². The maximum Gasteiger partial charge on any atom is 0.264 e. The quantitative estimate of drug-likeness (QED) is 0.279. The number of hydrogen-bond acceptors (Lipinski definition) is 6. The first-order valence-electron chi connectivity index (χ1n) is 12.7. The number of halogens is 1. The molecule has 1 aliphatic rings. The molecule has 206 valence electrons. The van der Waals surface area contributed by atoms with E-state index in [4.69, 9.17) is 4.98 Å². The molecule has 10 heteroatoms. The van der Waals surface area contributed by atoms with E-state index < -0.39 is 10.0 Å². The predicted octanol–water partition coefficient (Wildman–Crippen LogP) is 5.68. The number of carbonyl (C=O) groups excluding carboxylic acids is 1. The van der Waals surface area contributed by atoms with Crippen LogP contribution in [0, 0.1) is 13.8 Å². The fraction of sp³-hybridized carbons (Fsp3) is 0.310. The highest BCUT2D eigenvalue weighted by molar-refractivity contribution is 7.92. The first-order chi connectivity index (χ1) is 18.2. The van der Waals surface area contributed by atoms with Crippen LogP contribution in [-0.4, -0.2) is 57.9 Å². The fourth-order valence-electron chi connectivity index (χ4n) is 4.72. The highest BCUT2D eigenvalue weighted by Crippen LogP contribution is 2.34. The highest BCUT2D eigenvalue weighted by atomic mass is 35.5. The largest absolute Gasteiger partial charge is 0.308 e. The van der Waals surface area contributed by atoms with Gasteiger partial charge < -0.3 is 4.90 Å². The number of amides is 1. The van der Waals surface area contributed by atoms with Crippen molar-refractivity contribution in [2.75, 3.05) is 42.9 Å². The van der Waals surface area contributed by atoms with Crippen molar-refractivity contribution < 1.29 is 13.2 Å². The Balaban J connectivity index is 0.00000353. The van der Waals surface area contributed by atoms with Gasteiger partial charge in [-0.3, -0.25) is 14.0 Å². The van der Waals surface area contributed by atoms with Crippen molar-refractivity contribution in [1.29, 1.82) is 0 Å². The molecule has 0 saturated heterocycles. The van der Waals surface area contributed by atoms with Gasteiger partial charge in [0.25, 0.3) is 15.9 Å². The van der Waals surface area contributed by atoms with Gasteiger partial charge in [0.2, 0.25) is 0 Å². The molecule has 0 bridgehead atoms. The summed E-state index contributed by atoms with van der Waals surface area (Å²) in [6, 6.07) is 18.0. The van der Waals surface area contributed by atoms with Gasteiger partial charge in [-0.1, -0.05) is 35.6 Å². The summed E-state index contributed by atoms with van der Waals surface area (Å²) in [5.41, 5.74) is 5.37. The van der Waals surface area contributed by atoms with Gasteiger partial charge in [0.15, 0.2) is 5.13 Å². The van der Waals surface area contributed by atoms with E-state index >= 15 is 0 Å². The van der Waals surface area contributed by atoms with Gasteiger partial charge >= 0.3 is 0 Å². The number of sulfonamides is 1. The third-order valence-electron chi connectivity index (χ3n) is 7.08. The van der Waals surface area contributed by atoms with Crippen LogP contribution in [0.25, 0.3) is 10.2 Å². The molecule has 0 saturated carbocycles. The van der Waals surface area contributed by atoms with Gasteiger partial charge in [-0.2, -0.15) is 0 Å². The summed E-state index contributed by atoms with van der Waals surface area (Å²) in [5, 5.41) is 0.641. The summed E-state index contributed by atoms with van der Waals surface area (Å²) in [4.78, 5) is 22.5. The molecule has 39 heavy (non-hydrogen) atoms. The number of hydrogen-bond donors (Lipinski definition) is 0. The number of para-hydroxylation sites is 1. The van der Waals surface area contributed by atoms with Crippen LogP contribution in [0.15, 0.2) is 65.6 Å². The Bertz CT molecular complexity index is 1600. The lowest BCUT2D eigenvalue weighted by molar-refractivity contribution is 0.0985. The van der Waals surface area contributed by atoms with E-state index in [0.29, 0.717) is 30.3 Å².